The van der Waals surface area contributed by atoms with Crippen LogP contribution < -0.4 is 4.74 Å². The van der Waals surface area contributed by atoms with Gasteiger partial charge in [0, 0.05) is 18.0 Å². The summed E-state index contributed by atoms with van der Waals surface area (Å²) in [7, 11) is 0. The molecule has 0 saturated heterocycles. The Morgan fingerprint density at radius 2 is 1.37 bits per heavy atom. The van der Waals surface area contributed by atoms with E-state index in [1.54, 1.807) is 0 Å². The van der Waals surface area contributed by atoms with Gasteiger partial charge in [0.05, 0.1) is 17.4 Å². The zero-order valence-electron chi connectivity index (χ0n) is 25.8. The Kier molecular flexibility index (Phi) is 14.9. The highest BCUT2D eigenvalue weighted by molar-refractivity contribution is 5.75. The lowest BCUT2D eigenvalue weighted by atomic mass is 9.69. The van der Waals surface area contributed by atoms with E-state index in [4.69, 9.17) is 4.74 Å². The van der Waals surface area contributed by atoms with E-state index in [1.807, 2.05) is 36.7 Å². The molecule has 41 heavy (non-hydrogen) atoms. The summed E-state index contributed by atoms with van der Waals surface area (Å²) < 4.78 is 5.73. The van der Waals surface area contributed by atoms with E-state index in [0.29, 0.717) is 11.6 Å². The van der Waals surface area contributed by atoms with Crippen molar-refractivity contribution in [3.05, 3.63) is 42.2 Å². The van der Waals surface area contributed by atoms with Gasteiger partial charge in [0.1, 0.15) is 5.75 Å². The molecule has 0 N–H and O–H groups in total. The van der Waals surface area contributed by atoms with Crippen molar-refractivity contribution in [1.82, 2.24) is 9.97 Å². The minimum atomic E-state index is -0.258. The molecule has 1 saturated carbocycles. The van der Waals surface area contributed by atoms with Crippen molar-refractivity contribution in [3.63, 3.8) is 0 Å². The lowest BCUT2D eigenvalue weighted by Crippen LogP contribution is -2.31. The van der Waals surface area contributed by atoms with Crippen LogP contribution in [-0.4, -0.2) is 15.9 Å². The topological polar surface area (TPSA) is 75.9 Å². The highest BCUT2D eigenvalue weighted by atomic mass is 16.5. The van der Waals surface area contributed by atoms with E-state index in [-0.39, 0.29) is 17.3 Å². The fraction of sp³-hybridized carbons (Fsp3) is 0.667. The minimum Gasteiger partial charge on any atom is -0.426 e. The number of unbranched alkanes of at least 4 members (excludes halogenated alkanes) is 12. The van der Waals surface area contributed by atoms with Crippen LogP contribution in [0.1, 0.15) is 141 Å². The normalized spacial score (nSPS) is 18.6. The van der Waals surface area contributed by atoms with Crippen LogP contribution >= 0.6 is 0 Å². The summed E-state index contributed by atoms with van der Waals surface area (Å²) in [5.74, 6) is 0.936. The molecule has 0 unspecified atom stereocenters. The molecule has 1 aromatic heterocycles. The molecular formula is C36H53N3O2. The number of ether oxygens (including phenoxy) is 1. The Bertz CT molecular complexity index is 1030. The number of rotatable bonds is 19. The van der Waals surface area contributed by atoms with Gasteiger partial charge in [-0.1, -0.05) is 97.3 Å². The molecule has 0 radical (unpaired) electrons. The first-order valence-corrected chi connectivity index (χ1v) is 16.6. The Labute approximate surface area is 249 Å². The summed E-state index contributed by atoms with van der Waals surface area (Å²) in [6.45, 7) is 4.50. The van der Waals surface area contributed by atoms with Crippen LogP contribution in [0.25, 0.3) is 11.4 Å². The monoisotopic (exact) mass is 559 g/mol. The first-order valence-electron chi connectivity index (χ1n) is 16.6. The van der Waals surface area contributed by atoms with Gasteiger partial charge in [-0.25, -0.2) is 9.97 Å². The van der Waals surface area contributed by atoms with E-state index in [9.17, 15) is 10.1 Å². The molecule has 1 aliphatic rings. The molecule has 0 aliphatic heterocycles. The maximum Gasteiger partial charge on any atom is 0.314 e. The molecule has 224 valence electrons. The average Bonchev–Trinajstić information content (AvgIpc) is 3.01. The molecule has 5 nitrogen and oxygen atoms in total. The third kappa shape index (κ3) is 11.6. The predicted octanol–water partition coefficient (Wildman–Crippen LogP) is 10.2. The second-order valence-corrected chi connectivity index (χ2v) is 12.3. The summed E-state index contributed by atoms with van der Waals surface area (Å²) in [6, 6.07) is 10.1. The summed E-state index contributed by atoms with van der Waals surface area (Å²) in [5, 5.41) is 9.91. The van der Waals surface area contributed by atoms with Gasteiger partial charge in [-0.15, -0.1) is 0 Å². The van der Waals surface area contributed by atoms with Gasteiger partial charge in [0.2, 0.25) is 0 Å². The van der Waals surface area contributed by atoms with Crippen LogP contribution in [0.3, 0.4) is 0 Å². The van der Waals surface area contributed by atoms with Crippen molar-refractivity contribution in [3.8, 4) is 23.2 Å². The lowest BCUT2D eigenvalue weighted by Gasteiger charge is -2.34. The predicted molar refractivity (Wildman–Crippen MR) is 167 cm³/mol. The van der Waals surface area contributed by atoms with Crippen molar-refractivity contribution in [2.24, 2.45) is 11.3 Å². The van der Waals surface area contributed by atoms with Crippen LogP contribution in [-0.2, 0) is 11.2 Å². The molecule has 0 amide bonds. The second-order valence-electron chi connectivity index (χ2n) is 12.3. The summed E-state index contributed by atoms with van der Waals surface area (Å²) in [4.78, 5) is 22.0. The van der Waals surface area contributed by atoms with Gasteiger partial charge in [-0.2, -0.15) is 5.26 Å². The van der Waals surface area contributed by atoms with Gasteiger partial charge >= 0.3 is 5.97 Å². The van der Waals surface area contributed by atoms with Crippen molar-refractivity contribution in [2.75, 3.05) is 0 Å². The van der Waals surface area contributed by atoms with E-state index < -0.39 is 0 Å². The lowest BCUT2D eigenvalue weighted by molar-refractivity contribution is -0.140. The van der Waals surface area contributed by atoms with Gasteiger partial charge < -0.3 is 4.74 Å². The fourth-order valence-corrected chi connectivity index (χ4v) is 6.03. The Hall–Kier alpha value is -2.74. The molecule has 3 rings (SSSR count). The Morgan fingerprint density at radius 3 is 1.93 bits per heavy atom. The molecule has 5 heteroatoms. The van der Waals surface area contributed by atoms with Crippen molar-refractivity contribution in [2.45, 2.75) is 142 Å². The number of nitriles is 1. The Morgan fingerprint density at radius 1 is 0.829 bits per heavy atom. The minimum absolute atomic E-state index is 0.127. The molecule has 0 spiro atoms. The number of carbonyl (C=O) groups excluding carboxylic acids is 1. The average molecular weight is 560 g/mol. The number of hydrogen-bond donors (Lipinski definition) is 0. The Balaban J connectivity index is 1.38. The van der Waals surface area contributed by atoms with Gasteiger partial charge in [-0.05, 0) is 74.8 Å². The van der Waals surface area contributed by atoms with Crippen LogP contribution in [0.2, 0.25) is 0 Å². The van der Waals surface area contributed by atoms with Crippen molar-refractivity contribution >= 4 is 5.97 Å². The quantitative estimate of drug-likeness (QED) is 0.0972. The van der Waals surface area contributed by atoms with Gasteiger partial charge in [0.15, 0.2) is 5.82 Å². The fourth-order valence-electron chi connectivity index (χ4n) is 6.03. The second kappa shape index (κ2) is 18.6. The highest BCUT2D eigenvalue weighted by Crippen LogP contribution is 2.43. The summed E-state index contributed by atoms with van der Waals surface area (Å²) in [5.41, 5.74) is 1.84. The molecule has 0 bridgehead atoms. The van der Waals surface area contributed by atoms with Gasteiger partial charge in [-0.3, -0.25) is 4.79 Å². The van der Waals surface area contributed by atoms with E-state index >= 15 is 0 Å². The summed E-state index contributed by atoms with van der Waals surface area (Å²) >= 11 is 0. The van der Waals surface area contributed by atoms with Crippen LogP contribution in [0.4, 0.5) is 0 Å². The molecule has 0 atom stereocenters. The van der Waals surface area contributed by atoms with Crippen LogP contribution in [0.15, 0.2) is 36.7 Å². The number of hydrogen-bond acceptors (Lipinski definition) is 5. The van der Waals surface area contributed by atoms with Crippen LogP contribution in [0, 0.1) is 22.7 Å². The maximum absolute atomic E-state index is 12.9. The van der Waals surface area contributed by atoms with E-state index in [0.717, 1.165) is 50.5 Å². The largest absolute Gasteiger partial charge is 0.426 e. The van der Waals surface area contributed by atoms with Crippen LogP contribution in [0.5, 0.6) is 5.75 Å². The number of esters is 1. The molecule has 2 aromatic rings. The van der Waals surface area contributed by atoms with Crippen molar-refractivity contribution in [1.29, 1.82) is 5.26 Å². The first kappa shape index (κ1) is 32.8. The van der Waals surface area contributed by atoms with Gasteiger partial charge in [0.25, 0.3) is 0 Å². The van der Waals surface area contributed by atoms with E-state index in [2.05, 4.69) is 29.9 Å². The smallest absolute Gasteiger partial charge is 0.314 e. The summed E-state index contributed by atoms with van der Waals surface area (Å²) in [6.07, 6.45) is 26.9. The third-order valence-corrected chi connectivity index (χ3v) is 8.88. The number of nitrogens with zero attached hydrogens (tertiary/aromatic N) is 3. The molecule has 1 aromatic carbocycles. The number of aryl methyl sites for hydroxylation is 1. The zero-order chi connectivity index (χ0) is 29.2. The molecule has 1 fully saturated rings. The molecule has 1 aliphatic carbocycles. The number of carbonyl (C=O) groups is 1. The molecule has 1 heterocycles. The first-order chi connectivity index (χ1) is 20.1. The van der Waals surface area contributed by atoms with E-state index in [1.165, 1.54) is 89.0 Å². The SMILES string of the molecule is CCCCCCCCCc1cnc(-c2ccc(OC(=O)C3CCC(C#N)(CCCCCCCCC)CC3)cc2)nc1. The highest BCUT2D eigenvalue weighted by Gasteiger charge is 2.38. The number of benzene rings is 1. The third-order valence-electron chi connectivity index (χ3n) is 8.88. The maximum atomic E-state index is 12.9. The van der Waals surface area contributed by atoms with Crippen molar-refractivity contribution < 1.29 is 9.53 Å². The number of aromatic nitrogens is 2. The molecular weight excluding hydrogens is 506 g/mol. The standard InChI is InChI=1S/C36H53N3O2/c1-3-5-7-9-11-13-15-17-30-27-38-34(39-28-30)31-18-20-33(21-19-31)41-35(40)32-22-25-36(29-37,26-23-32)24-16-14-12-10-8-6-4-2/h18-21,27-28,32H,3-17,22-26H2,1-2H3. The zero-order valence-corrected chi connectivity index (χ0v) is 25.8.